The number of aliphatic hydroxyl groups is 1. The smallest absolute Gasteiger partial charge is 0.251 e. The van der Waals surface area contributed by atoms with Gasteiger partial charge < -0.3 is 19.8 Å². The molecule has 218 valence electrons. The lowest BCUT2D eigenvalue weighted by molar-refractivity contribution is -0.143. The zero-order chi connectivity index (χ0) is 29.2. The molecular weight excluding hydrogens is 590 g/mol. The summed E-state index contributed by atoms with van der Waals surface area (Å²) in [4.78, 5) is 48.4. The number of aliphatic hydroxyl groups excluding tert-OH is 1. The second-order valence-electron chi connectivity index (χ2n) is 11.2. The summed E-state index contributed by atoms with van der Waals surface area (Å²) in [6, 6.07) is 5.33. The number of likely N-dealkylation sites (tertiary alicyclic amines) is 1. The summed E-state index contributed by atoms with van der Waals surface area (Å²) in [5, 5.41) is 9.37. The fourth-order valence-electron chi connectivity index (χ4n) is 6.85. The molecule has 0 aliphatic carbocycles. The third-order valence-electron chi connectivity index (χ3n) is 8.50. The summed E-state index contributed by atoms with van der Waals surface area (Å²) in [5.74, 6) is -1.34. The highest BCUT2D eigenvalue weighted by atomic mass is 79.9. The third kappa shape index (κ3) is 5.29. The molecule has 6 atom stereocenters. The van der Waals surface area contributed by atoms with Crippen molar-refractivity contribution in [1.29, 1.82) is 0 Å². The number of rotatable bonds is 13. The van der Waals surface area contributed by atoms with Gasteiger partial charge in [-0.15, -0.1) is 24.9 Å². The Morgan fingerprint density at radius 1 is 1.20 bits per heavy atom. The largest absolute Gasteiger partial charge is 0.396 e. The van der Waals surface area contributed by atoms with Gasteiger partial charge >= 0.3 is 0 Å². The van der Waals surface area contributed by atoms with Crippen LogP contribution in [0.1, 0.15) is 43.7 Å². The maximum absolute atomic E-state index is 14.7. The Morgan fingerprint density at radius 2 is 1.93 bits per heavy atom. The lowest BCUT2D eigenvalue weighted by Gasteiger charge is -2.38. The van der Waals surface area contributed by atoms with Gasteiger partial charge in [-0.2, -0.15) is 0 Å². The lowest BCUT2D eigenvalue weighted by atomic mass is 9.70. The van der Waals surface area contributed by atoms with Gasteiger partial charge in [0.25, 0.3) is 5.91 Å². The number of hydrogen-bond acceptors (Lipinski definition) is 5. The van der Waals surface area contributed by atoms with Crippen LogP contribution in [0.25, 0.3) is 0 Å². The minimum Gasteiger partial charge on any atom is -0.396 e. The molecule has 1 N–H and O–H groups in total. The molecule has 3 unspecified atom stereocenters. The van der Waals surface area contributed by atoms with E-state index < -0.39 is 22.6 Å². The minimum absolute atomic E-state index is 0.0176. The molecule has 3 heterocycles. The molecule has 0 aromatic heterocycles. The Balaban J connectivity index is 1.80. The Bertz CT molecular complexity index is 1160. The van der Waals surface area contributed by atoms with E-state index in [-0.39, 0.29) is 34.4 Å². The van der Waals surface area contributed by atoms with Gasteiger partial charge in [0.05, 0.1) is 16.6 Å². The van der Waals surface area contributed by atoms with Crippen LogP contribution in [0.2, 0.25) is 0 Å². The molecule has 3 fully saturated rings. The first kappa shape index (κ1) is 30.8. The molecule has 1 spiro atoms. The van der Waals surface area contributed by atoms with E-state index in [1.54, 1.807) is 33.7 Å². The molecule has 9 heteroatoms. The van der Waals surface area contributed by atoms with Crippen molar-refractivity contribution in [2.45, 2.75) is 67.3 Å². The van der Waals surface area contributed by atoms with Gasteiger partial charge in [0, 0.05) is 48.6 Å². The van der Waals surface area contributed by atoms with Crippen LogP contribution >= 0.6 is 27.7 Å². The van der Waals surface area contributed by atoms with Crippen molar-refractivity contribution in [2.75, 3.05) is 37.7 Å². The maximum atomic E-state index is 14.7. The number of carbonyl (C=O) groups is 3. The van der Waals surface area contributed by atoms with E-state index >= 15 is 0 Å². The van der Waals surface area contributed by atoms with Crippen LogP contribution < -0.4 is 4.90 Å². The fourth-order valence-corrected chi connectivity index (χ4v) is 10.4. The molecular formula is C31H42BrN3O4S. The predicted molar refractivity (Wildman–Crippen MR) is 166 cm³/mol. The number of hydrogen-bond donors (Lipinski definition) is 1. The van der Waals surface area contributed by atoms with Crippen molar-refractivity contribution in [2.24, 2.45) is 11.8 Å². The molecule has 2 bridgehead atoms. The van der Waals surface area contributed by atoms with Crippen molar-refractivity contribution in [3.63, 3.8) is 0 Å². The molecule has 3 amide bonds. The van der Waals surface area contributed by atoms with E-state index in [1.165, 1.54) is 0 Å². The van der Waals surface area contributed by atoms with Crippen molar-refractivity contribution in [3.8, 4) is 0 Å². The van der Waals surface area contributed by atoms with Crippen molar-refractivity contribution in [3.05, 3.63) is 54.6 Å². The summed E-state index contributed by atoms with van der Waals surface area (Å²) in [6.45, 7) is 15.5. The number of unbranched alkanes of at least 4 members (excludes halogenated alkanes) is 1. The Kier molecular flexibility index (Phi) is 9.89. The molecule has 3 saturated heterocycles. The number of halogens is 1. The van der Waals surface area contributed by atoms with Gasteiger partial charge in [-0.05, 0) is 56.7 Å². The van der Waals surface area contributed by atoms with Crippen molar-refractivity contribution < 1.29 is 19.5 Å². The summed E-state index contributed by atoms with van der Waals surface area (Å²) in [6.07, 6.45) is 6.03. The van der Waals surface area contributed by atoms with Gasteiger partial charge in [0.15, 0.2) is 0 Å². The standard InChI is InChI=1S/C31H42BrN3O4S/c1-6-13-33(14-7-2)28(37)24-25-29(38)35(16-9-10-17-36)27(31(25)19-22(32)26(24)40-31)30(39)34(15-8-3)23-18-20(4)11-12-21(23)5/h6,8,11-12,18,22,24-27,36H,1,3,7,9-10,13-17,19H2,2,4-5H3/t22?,24-,25-,26-,27?,31?/m0/s1. The molecule has 3 aliphatic rings. The van der Waals surface area contributed by atoms with Gasteiger partial charge in [-0.3, -0.25) is 14.4 Å². The zero-order valence-electron chi connectivity index (χ0n) is 23.9. The Labute approximate surface area is 251 Å². The van der Waals surface area contributed by atoms with Crippen LogP contribution in [0.5, 0.6) is 0 Å². The number of amides is 3. The monoisotopic (exact) mass is 631 g/mol. The van der Waals surface area contributed by atoms with Crippen molar-refractivity contribution >= 4 is 51.1 Å². The average molecular weight is 633 g/mol. The van der Waals surface area contributed by atoms with Crippen LogP contribution in [0.4, 0.5) is 5.69 Å². The quantitative estimate of drug-likeness (QED) is 0.197. The molecule has 0 saturated carbocycles. The second-order valence-corrected chi connectivity index (χ2v) is 13.9. The number of benzene rings is 1. The van der Waals surface area contributed by atoms with E-state index in [2.05, 4.69) is 29.1 Å². The molecule has 3 aliphatic heterocycles. The highest BCUT2D eigenvalue weighted by Gasteiger charge is 2.76. The first-order chi connectivity index (χ1) is 19.2. The van der Waals surface area contributed by atoms with E-state index in [9.17, 15) is 19.5 Å². The Hall–Kier alpha value is -2.10. The Morgan fingerprint density at radius 3 is 2.58 bits per heavy atom. The van der Waals surface area contributed by atoms with Crippen LogP contribution in [-0.2, 0) is 14.4 Å². The molecule has 40 heavy (non-hydrogen) atoms. The van der Waals surface area contributed by atoms with Gasteiger partial charge in [-0.1, -0.05) is 47.1 Å². The summed E-state index contributed by atoms with van der Waals surface area (Å²) >= 11 is 5.52. The third-order valence-corrected chi connectivity index (χ3v) is 11.7. The van der Waals surface area contributed by atoms with Gasteiger partial charge in [-0.25, -0.2) is 0 Å². The first-order valence-electron chi connectivity index (χ1n) is 14.3. The normalized spacial score (nSPS) is 28.5. The van der Waals surface area contributed by atoms with Crippen LogP contribution in [-0.4, -0.2) is 86.3 Å². The summed E-state index contributed by atoms with van der Waals surface area (Å²) < 4.78 is -0.713. The number of fused-ring (bicyclic) bond motifs is 1. The topological polar surface area (TPSA) is 81.2 Å². The second kappa shape index (κ2) is 12.8. The van der Waals surface area contributed by atoms with Crippen LogP contribution in [0.3, 0.4) is 0 Å². The van der Waals surface area contributed by atoms with Gasteiger partial charge in [0.1, 0.15) is 6.04 Å². The highest BCUT2D eigenvalue weighted by molar-refractivity contribution is 9.09. The van der Waals surface area contributed by atoms with E-state index in [4.69, 9.17) is 0 Å². The minimum atomic E-state index is -0.713. The first-order valence-corrected chi connectivity index (χ1v) is 16.1. The summed E-state index contributed by atoms with van der Waals surface area (Å²) in [5.41, 5.74) is 2.83. The van der Waals surface area contributed by atoms with Crippen LogP contribution in [0.15, 0.2) is 43.5 Å². The van der Waals surface area contributed by atoms with E-state index in [0.29, 0.717) is 45.4 Å². The fraction of sp³-hybridized carbons (Fsp3) is 0.581. The SMILES string of the molecule is C=CCN(CCC)C(=O)[C@H]1[C@H]2C(=O)N(CCCCO)C(C(=O)N(CC=C)c3cc(C)ccc3C)C23CC(Br)[C@@H]1S3. The van der Waals surface area contributed by atoms with E-state index in [0.717, 1.165) is 23.2 Å². The average Bonchev–Trinajstić information content (AvgIpc) is 3.51. The number of anilines is 1. The van der Waals surface area contributed by atoms with Crippen molar-refractivity contribution in [1.82, 2.24) is 9.80 Å². The van der Waals surface area contributed by atoms with E-state index in [1.807, 2.05) is 43.9 Å². The highest BCUT2D eigenvalue weighted by Crippen LogP contribution is 2.68. The zero-order valence-corrected chi connectivity index (χ0v) is 26.3. The number of alkyl halides is 1. The van der Waals surface area contributed by atoms with Gasteiger partial charge in [0.2, 0.25) is 11.8 Å². The number of nitrogens with zero attached hydrogens (tertiary/aromatic N) is 3. The van der Waals surface area contributed by atoms with Crippen LogP contribution in [0, 0.1) is 25.7 Å². The molecule has 4 rings (SSSR count). The predicted octanol–water partition coefficient (Wildman–Crippen LogP) is 4.48. The molecule has 1 aromatic rings. The molecule has 1 aromatic carbocycles. The maximum Gasteiger partial charge on any atom is 0.251 e. The number of carbonyl (C=O) groups excluding carboxylic acids is 3. The number of thioether (sulfide) groups is 1. The summed E-state index contributed by atoms with van der Waals surface area (Å²) in [7, 11) is 0. The lowest BCUT2D eigenvalue weighted by Crippen LogP contribution is -2.56. The molecule has 0 radical (unpaired) electrons. The molecule has 7 nitrogen and oxygen atoms in total. The number of aryl methyl sites for hydroxylation is 2.